The topological polar surface area (TPSA) is 38.8 Å². The number of hydrogen-bond acceptors (Lipinski definition) is 4. The number of nitrogens with zero attached hydrogens (tertiary/aromatic N) is 1. The summed E-state index contributed by atoms with van der Waals surface area (Å²) in [6.45, 7) is 3.36. The van der Waals surface area contributed by atoms with Gasteiger partial charge in [0.25, 0.3) is 0 Å². The summed E-state index contributed by atoms with van der Waals surface area (Å²) in [5.74, 6) is 0.787. The van der Waals surface area contributed by atoms with Gasteiger partial charge in [0, 0.05) is 13.1 Å². The van der Waals surface area contributed by atoms with Crippen LogP contribution in [0.15, 0.2) is 0 Å². The van der Waals surface area contributed by atoms with Crippen LogP contribution in [-0.2, 0) is 14.3 Å². The first kappa shape index (κ1) is 12.8. The highest BCUT2D eigenvalue weighted by molar-refractivity contribution is 5.74. The average Bonchev–Trinajstić information content (AvgIpc) is 3.18. The molecular formula is C13H23NO3. The number of unbranched alkanes of at least 4 members (excludes halogenated alkanes) is 1. The molecule has 1 aliphatic heterocycles. The molecule has 0 bridgehead atoms. The molecule has 2 rings (SSSR count). The van der Waals surface area contributed by atoms with Crippen molar-refractivity contribution in [1.29, 1.82) is 0 Å². The minimum atomic E-state index is -0.378. The van der Waals surface area contributed by atoms with Gasteiger partial charge in [-0.15, -0.1) is 0 Å². The van der Waals surface area contributed by atoms with Crippen LogP contribution < -0.4 is 0 Å². The van der Waals surface area contributed by atoms with Gasteiger partial charge in [0.15, 0.2) is 6.10 Å². The van der Waals surface area contributed by atoms with Crippen LogP contribution in [0.1, 0.15) is 32.1 Å². The Labute approximate surface area is 103 Å². The van der Waals surface area contributed by atoms with Crippen LogP contribution in [0.5, 0.6) is 0 Å². The third-order valence-electron chi connectivity index (χ3n) is 3.65. The lowest BCUT2D eigenvalue weighted by Gasteiger charge is -2.31. The quantitative estimate of drug-likeness (QED) is 0.521. The molecule has 0 radical (unpaired) electrons. The van der Waals surface area contributed by atoms with Crippen LogP contribution >= 0.6 is 0 Å². The van der Waals surface area contributed by atoms with Crippen LogP contribution in [0.3, 0.4) is 0 Å². The summed E-state index contributed by atoms with van der Waals surface area (Å²) < 4.78 is 10.1. The molecule has 17 heavy (non-hydrogen) atoms. The van der Waals surface area contributed by atoms with Gasteiger partial charge in [-0.3, -0.25) is 4.90 Å². The molecule has 1 saturated heterocycles. The van der Waals surface area contributed by atoms with Crippen LogP contribution in [0.25, 0.3) is 0 Å². The SMILES string of the molecule is COC(=O)C1CN(CCCCC2CC2)CCO1. The summed E-state index contributed by atoms with van der Waals surface area (Å²) in [6, 6.07) is 0. The second-order valence-electron chi connectivity index (χ2n) is 5.12. The van der Waals surface area contributed by atoms with Gasteiger partial charge in [0.1, 0.15) is 0 Å². The maximum Gasteiger partial charge on any atom is 0.336 e. The van der Waals surface area contributed by atoms with E-state index in [1.807, 2.05) is 0 Å². The first-order valence-electron chi connectivity index (χ1n) is 6.71. The number of hydrogen-bond donors (Lipinski definition) is 0. The molecule has 0 aromatic rings. The Hall–Kier alpha value is -0.610. The number of esters is 1. The molecule has 1 atom stereocenters. The molecule has 2 fully saturated rings. The van der Waals surface area contributed by atoms with E-state index in [4.69, 9.17) is 9.47 Å². The molecule has 4 nitrogen and oxygen atoms in total. The van der Waals surface area contributed by atoms with Crippen molar-refractivity contribution in [1.82, 2.24) is 4.90 Å². The summed E-state index contributed by atoms with van der Waals surface area (Å²) in [7, 11) is 1.42. The highest BCUT2D eigenvalue weighted by Crippen LogP contribution is 2.33. The minimum absolute atomic E-state index is 0.243. The summed E-state index contributed by atoms with van der Waals surface area (Å²) >= 11 is 0. The van der Waals surface area contributed by atoms with E-state index in [9.17, 15) is 4.79 Å². The number of methoxy groups -OCH3 is 1. The number of ether oxygens (including phenoxy) is 2. The van der Waals surface area contributed by atoms with Gasteiger partial charge in [-0.25, -0.2) is 4.79 Å². The largest absolute Gasteiger partial charge is 0.467 e. The Morgan fingerprint density at radius 2 is 2.24 bits per heavy atom. The number of carbonyl (C=O) groups excluding carboxylic acids is 1. The zero-order chi connectivity index (χ0) is 12.1. The van der Waals surface area contributed by atoms with E-state index in [0.717, 1.165) is 19.0 Å². The molecule has 0 amide bonds. The Bertz CT molecular complexity index is 253. The van der Waals surface area contributed by atoms with Gasteiger partial charge in [-0.2, -0.15) is 0 Å². The number of carbonyl (C=O) groups is 1. The smallest absolute Gasteiger partial charge is 0.336 e. The monoisotopic (exact) mass is 241 g/mol. The summed E-state index contributed by atoms with van der Waals surface area (Å²) in [6.07, 6.45) is 6.47. The van der Waals surface area contributed by atoms with Crippen LogP contribution in [0, 0.1) is 5.92 Å². The lowest BCUT2D eigenvalue weighted by molar-refractivity contribution is -0.159. The molecule has 4 heteroatoms. The fourth-order valence-electron chi connectivity index (χ4n) is 2.35. The fourth-order valence-corrected chi connectivity index (χ4v) is 2.35. The van der Waals surface area contributed by atoms with Crippen molar-refractivity contribution in [2.45, 2.75) is 38.2 Å². The van der Waals surface area contributed by atoms with E-state index in [-0.39, 0.29) is 12.1 Å². The third-order valence-corrected chi connectivity index (χ3v) is 3.65. The van der Waals surface area contributed by atoms with Crippen LogP contribution in [0.4, 0.5) is 0 Å². The van der Waals surface area contributed by atoms with Crippen LogP contribution in [-0.4, -0.2) is 50.3 Å². The van der Waals surface area contributed by atoms with Crippen molar-refractivity contribution >= 4 is 5.97 Å². The Morgan fingerprint density at radius 3 is 2.94 bits per heavy atom. The highest BCUT2D eigenvalue weighted by Gasteiger charge is 2.27. The zero-order valence-corrected chi connectivity index (χ0v) is 10.7. The predicted molar refractivity (Wildman–Crippen MR) is 64.8 cm³/mol. The molecule has 1 saturated carbocycles. The van der Waals surface area contributed by atoms with Crippen molar-refractivity contribution in [3.63, 3.8) is 0 Å². The highest BCUT2D eigenvalue weighted by atomic mass is 16.6. The van der Waals surface area contributed by atoms with Crippen molar-refractivity contribution in [3.05, 3.63) is 0 Å². The summed E-state index contributed by atoms with van der Waals surface area (Å²) in [4.78, 5) is 13.7. The predicted octanol–water partition coefficient (Wildman–Crippen LogP) is 1.44. The molecule has 0 spiro atoms. The minimum Gasteiger partial charge on any atom is -0.467 e. The first-order valence-corrected chi connectivity index (χ1v) is 6.71. The Morgan fingerprint density at radius 1 is 1.41 bits per heavy atom. The van der Waals surface area contributed by atoms with E-state index in [2.05, 4.69) is 4.90 Å². The fraction of sp³-hybridized carbons (Fsp3) is 0.923. The number of morpholine rings is 1. The van der Waals surface area contributed by atoms with E-state index >= 15 is 0 Å². The number of rotatable bonds is 6. The van der Waals surface area contributed by atoms with E-state index < -0.39 is 0 Å². The molecule has 2 aliphatic rings. The third kappa shape index (κ3) is 4.28. The molecule has 1 unspecified atom stereocenters. The maximum absolute atomic E-state index is 11.4. The van der Waals surface area contributed by atoms with E-state index in [1.165, 1.54) is 39.2 Å². The van der Waals surface area contributed by atoms with Gasteiger partial charge in [-0.05, 0) is 18.9 Å². The Kier molecular flexibility index (Phi) is 4.80. The molecule has 98 valence electrons. The normalized spacial score (nSPS) is 25.8. The molecule has 1 heterocycles. The van der Waals surface area contributed by atoms with Gasteiger partial charge in [-0.1, -0.05) is 25.7 Å². The second kappa shape index (κ2) is 6.36. The molecule has 0 N–H and O–H groups in total. The van der Waals surface area contributed by atoms with Crippen LogP contribution in [0.2, 0.25) is 0 Å². The summed E-state index contributed by atoms with van der Waals surface area (Å²) in [5.41, 5.74) is 0. The average molecular weight is 241 g/mol. The van der Waals surface area contributed by atoms with Gasteiger partial charge in [0.2, 0.25) is 0 Å². The van der Waals surface area contributed by atoms with E-state index in [0.29, 0.717) is 13.2 Å². The first-order chi connectivity index (χ1) is 8.29. The standard InChI is InChI=1S/C13H23NO3/c1-16-13(15)12-10-14(8-9-17-12)7-3-2-4-11-5-6-11/h11-12H,2-10H2,1H3. The van der Waals surface area contributed by atoms with Crippen molar-refractivity contribution in [3.8, 4) is 0 Å². The zero-order valence-electron chi connectivity index (χ0n) is 10.7. The Balaban J connectivity index is 1.60. The van der Waals surface area contributed by atoms with Gasteiger partial charge >= 0.3 is 5.97 Å². The molecule has 1 aliphatic carbocycles. The van der Waals surface area contributed by atoms with E-state index in [1.54, 1.807) is 0 Å². The maximum atomic E-state index is 11.4. The van der Waals surface area contributed by atoms with Crippen molar-refractivity contribution < 1.29 is 14.3 Å². The second-order valence-corrected chi connectivity index (χ2v) is 5.12. The van der Waals surface area contributed by atoms with Crippen molar-refractivity contribution in [2.24, 2.45) is 5.92 Å². The van der Waals surface area contributed by atoms with Crippen molar-refractivity contribution in [2.75, 3.05) is 33.4 Å². The summed E-state index contributed by atoms with van der Waals surface area (Å²) in [5, 5.41) is 0. The van der Waals surface area contributed by atoms with Gasteiger partial charge in [0.05, 0.1) is 13.7 Å². The lowest BCUT2D eigenvalue weighted by Crippen LogP contribution is -2.46. The lowest BCUT2D eigenvalue weighted by atomic mass is 10.1. The molecular weight excluding hydrogens is 218 g/mol. The van der Waals surface area contributed by atoms with Gasteiger partial charge < -0.3 is 9.47 Å². The molecule has 0 aromatic heterocycles. The molecule has 0 aromatic carbocycles.